The molecule has 10 heteroatoms. The fraction of sp³-hybridized carbons (Fsp3) is 0.143. The molecular formula is C14H9Cl2NO5S2. The molecule has 1 amide bonds. The molecular weight excluding hydrogens is 397 g/mol. The maximum absolute atomic E-state index is 12.5. The Labute approximate surface area is 156 Å². The smallest absolute Gasteiger partial charge is 0.327 e. The molecule has 2 rings (SSSR count). The number of thioether (sulfide) groups is 1. The van der Waals surface area contributed by atoms with Crippen molar-refractivity contribution in [2.75, 3.05) is 0 Å². The summed E-state index contributed by atoms with van der Waals surface area (Å²) in [6.07, 6.45) is 0.644. The van der Waals surface area contributed by atoms with E-state index in [2.05, 4.69) is 0 Å². The second-order valence-corrected chi connectivity index (χ2v) is 7.13. The fourth-order valence-corrected chi connectivity index (χ4v) is 3.83. The van der Waals surface area contributed by atoms with Gasteiger partial charge in [0.05, 0.1) is 11.3 Å². The van der Waals surface area contributed by atoms with Crippen molar-refractivity contribution in [3.63, 3.8) is 0 Å². The second-order valence-electron chi connectivity index (χ2n) is 4.64. The van der Waals surface area contributed by atoms with Crippen molar-refractivity contribution in [2.45, 2.75) is 12.5 Å². The van der Waals surface area contributed by atoms with Crippen LogP contribution in [0, 0.1) is 0 Å². The van der Waals surface area contributed by atoms with Crippen molar-refractivity contribution < 1.29 is 24.6 Å². The van der Waals surface area contributed by atoms with E-state index < -0.39 is 30.3 Å². The first-order chi connectivity index (χ1) is 11.2. The van der Waals surface area contributed by atoms with Crippen LogP contribution in [-0.2, 0) is 14.4 Å². The lowest BCUT2D eigenvalue weighted by atomic mass is 10.1. The first-order valence-corrected chi connectivity index (χ1v) is 8.36. The predicted molar refractivity (Wildman–Crippen MR) is 95.2 cm³/mol. The quantitative estimate of drug-likeness (QED) is 0.573. The van der Waals surface area contributed by atoms with E-state index in [9.17, 15) is 19.5 Å². The summed E-state index contributed by atoms with van der Waals surface area (Å²) in [5.41, 5.74) is 0.395. The zero-order chi connectivity index (χ0) is 18.0. The summed E-state index contributed by atoms with van der Waals surface area (Å²) in [4.78, 5) is 35.5. The molecule has 1 aromatic rings. The molecule has 1 aromatic carbocycles. The van der Waals surface area contributed by atoms with Gasteiger partial charge in [-0.25, -0.2) is 4.79 Å². The number of benzene rings is 1. The van der Waals surface area contributed by atoms with Crippen LogP contribution in [0.3, 0.4) is 0 Å². The molecule has 6 nitrogen and oxygen atoms in total. The van der Waals surface area contributed by atoms with Crippen LogP contribution in [0.2, 0.25) is 10.0 Å². The van der Waals surface area contributed by atoms with Crippen LogP contribution in [0.1, 0.15) is 12.0 Å². The number of nitrogens with zero attached hydrogens (tertiary/aromatic N) is 1. The number of thiocarbonyl (C=S) groups is 1. The lowest BCUT2D eigenvalue weighted by molar-refractivity contribution is -0.150. The minimum absolute atomic E-state index is 0.0388. The number of aliphatic carboxylic acids is 2. The van der Waals surface area contributed by atoms with Crippen LogP contribution in [0.25, 0.3) is 6.08 Å². The number of halogens is 2. The van der Waals surface area contributed by atoms with Gasteiger partial charge in [0.1, 0.15) is 10.4 Å². The molecule has 0 aromatic heterocycles. The third-order valence-electron chi connectivity index (χ3n) is 3.06. The highest BCUT2D eigenvalue weighted by Crippen LogP contribution is 2.37. The molecule has 2 N–H and O–H groups in total. The zero-order valence-corrected chi connectivity index (χ0v) is 14.9. The van der Waals surface area contributed by atoms with Gasteiger partial charge in [-0.1, -0.05) is 53.2 Å². The summed E-state index contributed by atoms with van der Waals surface area (Å²) in [7, 11) is 0. The van der Waals surface area contributed by atoms with E-state index in [1.165, 1.54) is 6.08 Å². The highest BCUT2D eigenvalue weighted by atomic mass is 35.5. The Bertz CT molecular complexity index is 760. The molecule has 1 aliphatic rings. The van der Waals surface area contributed by atoms with Crippen molar-refractivity contribution in [1.29, 1.82) is 0 Å². The molecule has 0 unspecified atom stereocenters. The maximum Gasteiger partial charge on any atom is 0.327 e. The Balaban J connectivity index is 2.39. The third kappa shape index (κ3) is 3.89. The van der Waals surface area contributed by atoms with Crippen molar-refractivity contribution in [1.82, 2.24) is 4.90 Å². The predicted octanol–water partition coefficient (Wildman–Crippen LogP) is 3.12. The van der Waals surface area contributed by atoms with E-state index in [1.807, 2.05) is 0 Å². The van der Waals surface area contributed by atoms with E-state index in [0.29, 0.717) is 15.6 Å². The summed E-state index contributed by atoms with van der Waals surface area (Å²) in [5.74, 6) is -3.50. The largest absolute Gasteiger partial charge is 0.481 e. The van der Waals surface area contributed by atoms with Gasteiger partial charge in [0.2, 0.25) is 0 Å². The van der Waals surface area contributed by atoms with Crippen LogP contribution < -0.4 is 0 Å². The van der Waals surface area contributed by atoms with E-state index in [1.54, 1.807) is 18.2 Å². The zero-order valence-electron chi connectivity index (χ0n) is 11.7. The fourth-order valence-electron chi connectivity index (χ4n) is 1.98. The molecule has 24 heavy (non-hydrogen) atoms. The average molecular weight is 406 g/mol. The Morgan fingerprint density at radius 1 is 1.29 bits per heavy atom. The first-order valence-electron chi connectivity index (χ1n) is 6.38. The van der Waals surface area contributed by atoms with Crippen molar-refractivity contribution in [3.8, 4) is 0 Å². The lowest BCUT2D eigenvalue weighted by Gasteiger charge is -2.21. The molecule has 0 aliphatic carbocycles. The van der Waals surface area contributed by atoms with Gasteiger partial charge in [-0.15, -0.1) is 0 Å². The van der Waals surface area contributed by atoms with E-state index in [4.69, 9.17) is 40.5 Å². The molecule has 0 spiro atoms. The van der Waals surface area contributed by atoms with Crippen molar-refractivity contribution >= 4 is 75.4 Å². The van der Waals surface area contributed by atoms with Crippen molar-refractivity contribution in [3.05, 3.63) is 38.7 Å². The molecule has 1 aliphatic heterocycles. The third-order valence-corrected chi connectivity index (χ3v) is 5.05. The maximum atomic E-state index is 12.5. The SMILES string of the molecule is O=C(O)C[C@@H](C(=O)O)N1C(=O)/C(=C/c2c(Cl)cccc2Cl)SC1=S. The summed E-state index contributed by atoms with van der Waals surface area (Å²) < 4.78 is -0.0388. The molecule has 0 saturated carbocycles. The number of rotatable bonds is 5. The van der Waals surface area contributed by atoms with Crippen LogP contribution in [0.4, 0.5) is 0 Å². The standard InChI is InChI=1S/C14H9Cl2NO5S2/c15-7-2-1-3-8(16)6(7)4-10-12(20)17(14(23)24-10)9(13(21)22)5-11(18)19/h1-4,9H,5H2,(H,18,19)(H,21,22)/b10-4-/t9-/m0/s1. The first kappa shape index (κ1) is 18.7. The topological polar surface area (TPSA) is 94.9 Å². The number of carbonyl (C=O) groups excluding carboxylic acids is 1. The number of amides is 1. The molecule has 126 valence electrons. The Morgan fingerprint density at radius 2 is 1.88 bits per heavy atom. The van der Waals surface area contributed by atoms with Crippen molar-refractivity contribution in [2.24, 2.45) is 0 Å². The summed E-state index contributed by atoms with van der Waals surface area (Å²) in [6, 6.07) is 3.23. The van der Waals surface area contributed by atoms with Gasteiger partial charge in [-0.2, -0.15) is 0 Å². The van der Waals surface area contributed by atoms with Crippen LogP contribution in [-0.4, -0.2) is 43.3 Å². The molecule has 0 radical (unpaired) electrons. The second kappa shape index (κ2) is 7.52. The van der Waals surface area contributed by atoms with Gasteiger partial charge in [0, 0.05) is 15.6 Å². The number of carboxylic acid groups (broad SMARTS) is 2. The van der Waals surface area contributed by atoms with E-state index >= 15 is 0 Å². The van der Waals surface area contributed by atoms with Crippen LogP contribution in [0.5, 0.6) is 0 Å². The lowest BCUT2D eigenvalue weighted by Crippen LogP contribution is -2.45. The van der Waals surface area contributed by atoms with Gasteiger partial charge < -0.3 is 10.2 Å². The van der Waals surface area contributed by atoms with Gasteiger partial charge in [0.15, 0.2) is 0 Å². The number of hydrogen-bond acceptors (Lipinski definition) is 5. The van der Waals surface area contributed by atoms with Crippen LogP contribution in [0.15, 0.2) is 23.1 Å². The number of carboxylic acids is 2. The minimum Gasteiger partial charge on any atom is -0.481 e. The Kier molecular flexibility index (Phi) is 5.87. The normalized spacial score (nSPS) is 17.4. The van der Waals surface area contributed by atoms with Gasteiger partial charge >= 0.3 is 11.9 Å². The summed E-state index contributed by atoms with van der Waals surface area (Å²) >= 11 is 18.0. The van der Waals surface area contributed by atoms with Crippen LogP contribution >= 0.6 is 47.2 Å². The molecule has 1 fully saturated rings. The molecule has 0 bridgehead atoms. The highest BCUT2D eigenvalue weighted by molar-refractivity contribution is 8.26. The number of carbonyl (C=O) groups is 3. The minimum atomic E-state index is -1.58. The average Bonchev–Trinajstić information content (AvgIpc) is 2.75. The summed E-state index contributed by atoms with van der Waals surface area (Å²) in [5, 5.41) is 18.7. The van der Waals surface area contributed by atoms with E-state index in [-0.39, 0.29) is 9.23 Å². The Morgan fingerprint density at radius 3 is 2.38 bits per heavy atom. The monoisotopic (exact) mass is 405 g/mol. The summed E-state index contributed by atoms with van der Waals surface area (Å²) in [6.45, 7) is 0. The van der Waals surface area contributed by atoms with Gasteiger partial charge in [-0.3, -0.25) is 14.5 Å². The molecule has 1 saturated heterocycles. The van der Waals surface area contributed by atoms with Gasteiger partial charge in [0.25, 0.3) is 5.91 Å². The molecule has 1 atom stereocenters. The molecule has 1 heterocycles. The number of hydrogen-bond donors (Lipinski definition) is 2. The van der Waals surface area contributed by atoms with Gasteiger partial charge in [-0.05, 0) is 18.2 Å². The van der Waals surface area contributed by atoms with E-state index in [0.717, 1.165) is 16.7 Å². The highest BCUT2D eigenvalue weighted by Gasteiger charge is 2.41. The Hall–Kier alpha value is -1.61.